The molecule has 1 aromatic carbocycles. The third-order valence-corrected chi connectivity index (χ3v) is 5.34. The van der Waals surface area contributed by atoms with Crippen LogP contribution in [0.15, 0.2) is 28.5 Å². The van der Waals surface area contributed by atoms with Crippen molar-refractivity contribution < 1.29 is 4.79 Å². The Morgan fingerprint density at radius 2 is 2.30 bits per heavy atom. The van der Waals surface area contributed by atoms with Crippen molar-refractivity contribution in [2.75, 3.05) is 0 Å². The van der Waals surface area contributed by atoms with Crippen molar-refractivity contribution in [3.63, 3.8) is 0 Å². The van der Waals surface area contributed by atoms with Gasteiger partial charge in [-0.25, -0.2) is 0 Å². The molecule has 1 atom stereocenters. The number of benzene rings is 1. The van der Waals surface area contributed by atoms with E-state index >= 15 is 0 Å². The number of nitrogens with one attached hydrogen (secondary N) is 1. The van der Waals surface area contributed by atoms with E-state index in [1.807, 2.05) is 13.0 Å². The van der Waals surface area contributed by atoms with Gasteiger partial charge in [-0.15, -0.1) is 5.10 Å². The molecule has 1 aliphatic rings. The topological polar surface area (TPSA) is 54.9 Å². The Balaban J connectivity index is 1.70. The fourth-order valence-corrected chi connectivity index (χ4v) is 3.92. The molecule has 2 aromatic rings. The molecule has 1 N–H and O–H groups in total. The molecule has 0 bridgehead atoms. The average Bonchev–Trinajstić information content (AvgIpc) is 2.85. The highest BCUT2D eigenvalue weighted by atomic mass is 32.2. The Morgan fingerprint density at radius 1 is 1.45 bits per heavy atom. The summed E-state index contributed by atoms with van der Waals surface area (Å²) in [6.45, 7) is 1.87. The smallest absolute Gasteiger partial charge is 0.285 e. The number of carbonyl (C=O) groups excluding carboxylic acids is 1. The van der Waals surface area contributed by atoms with Crippen LogP contribution in [0.2, 0.25) is 0 Å². The van der Waals surface area contributed by atoms with Gasteiger partial charge in [0.25, 0.3) is 5.24 Å². The molecule has 4 nitrogen and oxygen atoms in total. The van der Waals surface area contributed by atoms with Crippen molar-refractivity contribution in [1.82, 2.24) is 14.9 Å². The quantitative estimate of drug-likeness (QED) is 0.859. The molecule has 1 unspecified atom stereocenters. The first-order valence-electron chi connectivity index (χ1n) is 6.59. The molecule has 0 aliphatic heterocycles. The number of thioether (sulfide) groups is 1. The van der Waals surface area contributed by atoms with Crippen molar-refractivity contribution in [1.29, 1.82) is 0 Å². The maximum atomic E-state index is 12.1. The fourth-order valence-electron chi connectivity index (χ4n) is 2.48. The third kappa shape index (κ3) is 2.86. The highest BCUT2D eigenvalue weighted by Gasteiger charge is 2.22. The van der Waals surface area contributed by atoms with Gasteiger partial charge >= 0.3 is 0 Å². The van der Waals surface area contributed by atoms with E-state index in [2.05, 4.69) is 33.1 Å². The molecular weight excluding hydrogens is 290 g/mol. The Hall–Kier alpha value is -1.40. The lowest BCUT2D eigenvalue weighted by Gasteiger charge is -2.26. The van der Waals surface area contributed by atoms with Crippen LogP contribution >= 0.6 is 23.3 Å². The van der Waals surface area contributed by atoms with Crippen molar-refractivity contribution in [3.8, 4) is 0 Å². The van der Waals surface area contributed by atoms with Gasteiger partial charge in [-0.2, -0.15) is 0 Å². The molecule has 6 heteroatoms. The van der Waals surface area contributed by atoms with Crippen LogP contribution in [-0.2, 0) is 6.42 Å². The van der Waals surface area contributed by atoms with Crippen LogP contribution < -0.4 is 5.32 Å². The van der Waals surface area contributed by atoms with Crippen molar-refractivity contribution in [2.24, 2.45) is 0 Å². The van der Waals surface area contributed by atoms with Crippen LogP contribution in [0.25, 0.3) is 0 Å². The predicted molar refractivity (Wildman–Crippen MR) is 81.2 cm³/mol. The summed E-state index contributed by atoms with van der Waals surface area (Å²) in [6, 6.07) is 8.49. The van der Waals surface area contributed by atoms with Crippen LogP contribution in [0.3, 0.4) is 0 Å². The second kappa shape index (κ2) is 5.93. The lowest BCUT2D eigenvalue weighted by atomic mass is 9.88. The van der Waals surface area contributed by atoms with E-state index < -0.39 is 0 Å². The molecule has 3 rings (SSSR count). The number of amides is 1. The first kappa shape index (κ1) is 13.6. The highest BCUT2D eigenvalue weighted by molar-refractivity contribution is 8.14. The summed E-state index contributed by atoms with van der Waals surface area (Å²) in [7, 11) is 0. The van der Waals surface area contributed by atoms with Gasteiger partial charge in [0.2, 0.25) is 0 Å². The largest absolute Gasteiger partial charge is 0.340 e. The van der Waals surface area contributed by atoms with Gasteiger partial charge in [-0.05, 0) is 60.6 Å². The Labute approximate surface area is 126 Å². The molecule has 0 spiro atoms. The van der Waals surface area contributed by atoms with Crippen LogP contribution in [0.1, 0.15) is 35.7 Å². The highest BCUT2D eigenvalue weighted by Crippen LogP contribution is 2.31. The number of hydrogen-bond acceptors (Lipinski definition) is 5. The summed E-state index contributed by atoms with van der Waals surface area (Å²) in [5, 5.41) is 7.01. The summed E-state index contributed by atoms with van der Waals surface area (Å²) in [6.07, 6.45) is 3.23. The summed E-state index contributed by atoms with van der Waals surface area (Å²) < 4.78 is 4.72. The van der Waals surface area contributed by atoms with Gasteiger partial charge in [0.1, 0.15) is 4.21 Å². The SMILES string of the molecule is Cc1nnsc1SC(=O)NC1CCCc2ccccc21. The Kier molecular flexibility index (Phi) is 4.03. The number of hydrogen-bond donors (Lipinski definition) is 1. The summed E-state index contributed by atoms with van der Waals surface area (Å²) >= 11 is 2.46. The third-order valence-electron chi connectivity index (χ3n) is 3.46. The molecule has 0 radical (unpaired) electrons. The maximum Gasteiger partial charge on any atom is 0.285 e. The lowest BCUT2D eigenvalue weighted by molar-refractivity contribution is 0.256. The second-order valence-electron chi connectivity index (χ2n) is 4.82. The second-order valence-corrected chi connectivity index (χ2v) is 6.82. The number of carbonyl (C=O) groups is 1. The first-order valence-corrected chi connectivity index (χ1v) is 8.18. The zero-order chi connectivity index (χ0) is 13.9. The van der Waals surface area contributed by atoms with Gasteiger partial charge in [0.15, 0.2) is 0 Å². The van der Waals surface area contributed by atoms with Crippen LogP contribution in [0, 0.1) is 6.92 Å². The molecule has 104 valence electrons. The maximum absolute atomic E-state index is 12.1. The molecule has 0 saturated heterocycles. The average molecular weight is 305 g/mol. The van der Waals surface area contributed by atoms with Crippen LogP contribution in [-0.4, -0.2) is 14.8 Å². The monoisotopic (exact) mass is 305 g/mol. The zero-order valence-electron chi connectivity index (χ0n) is 11.1. The van der Waals surface area contributed by atoms with E-state index in [0.717, 1.165) is 29.2 Å². The Morgan fingerprint density at radius 3 is 3.10 bits per heavy atom. The first-order chi connectivity index (χ1) is 9.74. The molecule has 1 aliphatic carbocycles. The minimum absolute atomic E-state index is 0.0270. The number of aromatic nitrogens is 2. The molecule has 1 amide bonds. The van der Waals surface area contributed by atoms with Crippen molar-refractivity contribution >= 4 is 28.5 Å². The molecule has 0 fully saturated rings. The number of nitrogens with zero attached hydrogens (tertiary/aromatic N) is 2. The Bertz CT molecular complexity index is 626. The van der Waals surface area contributed by atoms with E-state index in [1.165, 1.54) is 34.4 Å². The number of aryl methyl sites for hydroxylation is 2. The minimum atomic E-state index is -0.0270. The van der Waals surface area contributed by atoms with E-state index in [1.54, 1.807) is 0 Å². The van der Waals surface area contributed by atoms with Gasteiger partial charge in [-0.3, -0.25) is 4.79 Å². The van der Waals surface area contributed by atoms with Crippen LogP contribution in [0.4, 0.5) is 4.79 Å². The summed E-state index contributed by atoms with van der Waals surface area (Å²) in [4.78, 5) is 12.1. The minimum Gasteiger partial charge on any atom is -0.340 e. The van der Waals surface area contributed by atoms with E-state index in [4.69, 9.17) is 0 Å². The normalized spacial score (nSPS) is 17.6. The molecule has 0 saturated carbocycles. The van der Waals surface area contributed by atoms with Gasteiger partial charge in [-0.1, -0.05) is 28.8 Å². The summed E-state index contributed by atoms with van der Waals surface area (Å²) in [5.74, 6) is 0. The molecular formula is C14H15N3OS2. The van der Waals surface area contributed by atoms with E-state index in [-0.39, 0.29) is 11.3 Å². The molecule has 1 aromatic heterocycles. The molecule has 20 heavy (non-hydrogen) atoms. The predicted octanol–water partition coefficient (Wildman–Crippen LogP) is 3.73. The lowest BCUT2D eigenvalue weighted by Crippen LogP contribution is -2.28. The van der Waals surface area contributed by atoms with Gasteiger partial charge < -0.3 is 5.32 Å². The van der Waals surface area contributed by atoms with E-state index in [9.17, 15) is 4.79 Å². The van der Waals surface area contributed by atoms with Crippen LogP contribution in [0.5, 0.6) is 0 Å². The fraction of sp³-hybridized carbons (Fsp3) is 0.357. The number of fused-ring (bicyclic) bond motifs is 1. The zero-order valence-corrected chi connectivity index (χ0v) is 12.8. The summed E-state index contributed by atoms with van der Waals surface area (Å²) in [5.41, 5.74) is 3.43. The molecule has 1 heterocycles. The van der Waals surface area contributed by atoms with Crippen molar-refractivity contribution in [3.05, 3.63) is 41.1 Å². The van der Waals surface area contributed by atoms with Crippen molar-refractivity contribution in [2.45, 2.75) is 36.4 Å². The van der Waals surface area contributed by atoms with E-state index in [0.29, 0.717) is 0 Å². The van der Waals surface area contributed by atoms with Gasteiger partial charge in [0, 0.05) is 0 Å². The number of rotatable bonds is 2. The standard InChI is InChI=1S/C14H15N3OS2/c1-9-13(20-17-16-9)19-14(18)15-12-8-4-6-10-5-2-3-7-11(10)12/h2-3,5,7,12H,4,6,8H2,1H3,(H,15,18). The van der Waals surface area contributed by atoms with Gasteiger partial charge in [0.05, 0.1) is 11.7 Å².